The van der Waals surface area contributed by atoms with E-state index in [0.717, 1.165) is 10.9 Å². The van der Waals surface area contributed by atoms with Crippen LogP contribution in [0.5, 0.6) is 0 Å². The molecule has 1 aromatic carbocycles. The number of hydrogen-bond donors (Lipinski definition) is 0. The molecule has 0 aliphatic heterocycles. The van der Waals surface area contributed by atoms with Crippen molar-refractivity contribution >= 4 is 27.5 Å². The Morgan fingerprint density at radius 3 is 2.53 bits per heavy atom. The lowest BCUT2D eigenvalue weighted by Crippen LogP contribution is -2.07. The molecule has 2 rings (SSSR count). The molecule has 1 atom stereocenters. The van der Waals surface area contributed by atoms with Crippen molar-refractivity contribution in [1.82, 2.24) is 0 Å². The first-order valence-electron chi connectivity index (χ1n) is 7.48. The van der Waals surface area contributed by atoms with E-state index in [2.05, 4.69) is 41.9 Å². The summed E-state index contributed by atoms with van der Waals surface area (Å²) < 4.78 is 0. The van der Waals surface area contributed by atoms with E-state index in [1.807, 2.05) is 0 Å². The minimum Gasteiger partial charge on any atom is -0.0840 e. The van der Waals surface area contributed by atoms with Gasteiger partial charge in [-0.25, -0.2) is 0 Å². The monoisotopic (exact) mass is 342 g/mol. The summed E-state index contributed by atoms with van der Waals surface area (Å²) in [5.41, 5.74) is 3.91. The molecule has 1 aliphatic carbocycles. The minimum atomic E-state index is 0.477. The summed E-state index contributed by atoms with van der Waals surface area (Å²) in [6.45, 7) is 4.25. The number of benzene rings is 1. The second-order valence-corrected chi connectivity index (χ2v) is 7.52. The first kappa shape index (κ1) is 15.4. The van der Waals surface area contributed by atoms with Gasteiger partial charge in [0.25, 0.3) is 0 Å². The van der Waals surface area contributed by atoms with Crippen LogP contribution in [-0.2, 0) is 0 Å². The highest BCUT2D eigenvalue weighted by Crippen LogP contribution is 2.36. The zero-order valence-electron chi connectivity index (χ0n) is 12.0. The molecule has 1 aromatic rings. The normalized spacial score (nSPS) is 18.5. The van der Waals surface area contributed by atoms with Crippen molar-refractivity contribution in [2.24, 2.45) is 5.92 Å². The fourth-order valence-corrected chi connectivity index (χ4v) is 4.13. The maximum atomic E-state index is 6.17. The number of rotatable bonds is 4. The average molecular weight is 344 g/mol. The van der Waals surface area contributed by atoms with Crippen molar-refractivity contribution in [3.63, 3.8) is 0 Å². The topological polar surface area (TPSA) is 0 Å². The van der Waals surface area contributed by atoms with Gasteiger partial charge in [0.2, 0.25) is 0 Å². The molecule has 106 valence electrons. The molecule has 0 nitrogen and oxygen atoms in total. The van der Waals surface area contributed by atoms with E-state index in [0.29, 0.717) is 4.83 Å². The molecule has 19 heavy (non-hydrogen) atoms. The molecule has 0 amide bonds. The Labute approximate surface area is 131 Å². The van der Waals surface area contributed by atoms with Gasteiger partial charge < -0.3 is 0 Å². The summed E-state index contributed by atoms with van der Waals surface area (Å²) in [5, 5.41) is 0.883. The number of aryl methyl sites for hydroxylation is 2. The molecule has 1 fully saturated rings. The molecule has 0 radical (unpaired) electrons. The van der Waals surface area contributed by atoms with Gasteiger partial charge in [0.15, 0.2) is 0 Å². The SMILES string of the molecule is Cc1cc(C(Br)CCC2CCCCC2)c(C)cc1Cl. The third kappa shape index (κ3) is 4.23. The van der Waals surface area contributed by atoms with Gasteiger partial charge in [-0.3, -0.25) is 0 Å². The van der Waals surface area contributed by atoms with Gasteiger partial charge in [0.05, 0.1) is 0 Å². The van der Waals surface area contributed by atoms with Gasteiger partial charge in [0.1, 0.15) is 0 Å². The van der Waals surface area contributed by atoms with Crippen LogP contribution in [0.3, 0.4) is 0 Å². The Bertz CT molecular complexity index is 422. The Hall–Kier alpha value is -0.0100. The molecule has 0 heterocycles. The molecule has 2 heteroatoms. The van der Waals surface area contributed by atoms with Crippen molar-refractivity contribution in [2.75, 3.05) is 0 Å². The predicted molar refractivity (Wildman–Crippen MR) is 88.4 cm³/mol. The molecule has 1 aliphatic rings. The van der Waals surface area contributed by atoms with E-state index < -0.39 is 0 Å². The molecule has 0 bridgehead atoms. The standard InChI is InChI=1S/C17H24BrCl/c1-12-11-17(19)13(2)10-15(12)16(18)9-8-14-6-4-3-5-7-14/h10-11,14,16H,3-9H2,1-2H3. The second kappa shape index (κ2) is 7.13. The summed E-state index contributed by atoms with van der Waals surface area (Å²) in [6, 6.07) is 4.35. The third-order valence-electron chi connectivity index (χ3n) is 4.44. The highest BCUT2D eigenvalue weighted by Gasteiger charge is 2.17. The number of hydrogen-bond acceptors (Lipinski definition) is 0. The van der Waals surface area contributed by atoms with Crippen molar-refractivity contribution < 1.29 is 0 Å². The van der Waals surface area contributed by atoms with E-state index in [-0.39, 0.29) is 0 Å². The van der Waals surface area contributed by atoms with Gasteiger partial charge >= 0.3 is 0 Å². The second-order valence-electron chi connectivity index (χ2n) is 6.01. The zero-order chi connectivity index (χ0) is 13.8. The Balaban J connectivity index is 1.95. The summed E-state index contributed by atoms with van der Waals surface area (Å²) >= 11 is 10.1. The fraction of sp³-hybridized carbons (Fsp3) is 0.647. The molecule has 0 spiro atoms. The zero-order valence-corrected chi connectivity index (χ0v) is 14.4. The van der Waals surface area contributed by atoms with Crippen molar-refractivity contribution in [1.29, 1.82) is 0 Å². The van der Waals surface area contributed by atoms with E-state index in [9.17, 15) is 0 Å². The van der Waals surface area contributed by atoms with Crippen molar-refractivity contribution in [3.8, 4) is 0 Å². The van der Waals surface area contributed by atoms with Crippen molar-refractivity contribution in [3.05, 3.63) is 33.8 Å². The Morgan fingerprint density at radius 2 is 1.84 bits per heavy atom. The maximum absolute atomic E-state index is 6.17. The van der Waals surface area contributed by atoms with Crippen LogP contribution in [0.1, 0.15) is 66.5 Å². The van der Waals surface area contributed by atoms with Gasteiger partial charge in [0, 0.05) is 9.85 Å². The molecule has 0 saturated heterocycles. The maximum Gasteiger partial charge on any atom is 0.0438 e. The van der Waals surface area contributed by atoms with Gasteiger partial charge in [-0.05, 0) is 55.4 Å². The Morgan fingerprint density at radius 1 is 1.16 bits per heavy atom. The highest BCUT2D eigenvalue weighted by molar-refractivity contribution is 9.09. The fourth-order valence-electron chi connectivity index (χ4n) is 3.15. The number of halogens is 2. The van der Waals surface area contributed by atoms with Crippen LogP contribution in [0, 0.1) is 19.8 Å². The summed E-state index contributed by atoms with van der Waals surface area (Å²) in [7, 11) is 0. The Kier molecular flexibility index (Phi) is 5.77. The predicted octanol–water partition coefficient (Wildman–Crippen LogP) is 6.75. The largest absolute Gasteiger partial charge is 0.0840 e. The van der Waals surface area contributed by atoms with Crippen molar-refractivity contribution in [2.45, 2.75) is 63.6 Å². The minimum absolute atomic E-state index is 0.477. The first-order valence-corrected chi connectivity index (χ1v) is 8.78. The highest BCUT2D eigenvalue weighted by atomic mass is 79.9. The van der Waals surface area contributed by atoms with E-state index in [4.69, 9.17) is 11.6 Å². The lowest BCUT2D eigenvalue weighted by molar-refractivity contribution is 0.332. The number of alkyl halides is 1. The van der Waals surface area contributed by atoms with Crippen LogP contribution in [-0.4, -0.2) is 0 Å². The van der Waals surface area contributed by atoms with Gasteiger partial charge in [-0.2, -0.15) is 0 Å². The first-order chi connectivity index (χ1) is 9.08. The summed E-state index contributed by atoms with van der Waals surface area (Å²) in [5.74, 6) is 0.961. The smallest absolute Gasteiger partial charge is 0.0438 e. The molecule has 1 unspecified atom stereocenters. The molecule has 0 N–H and O–H groups in total. The lowest BCUT2D eigenvalue weighted by atomic mass is 9.85. The van der Waals surface area contributed by atoms with Crippen LogP contribution in [0.25, 0.3) is 0 Å². The van der Waals surface area contributed by atoms with Crippen LogP contribution in [0.2, 0.25) is 5.02 Å². The van der Waals surface area contributed by atoms with Crippen LogP contribution >= 0.6 is 27.5 Å². The molecule has 0 aromatic heterocycles. The third-order valence-corrected chi connectivity index (χ3v) is 5.80. The lowest BCUT2D eigenvalue weighted by Gasteiger charge is -2.23. The van der Waals surface area contributed by atoms with Gasteiger partial charge in [-0.15, -0.1) is 0 Å². The van der Waals surface area contributed by atoms with Crippen LogP contribution in [0.15, 0.2) is 12.1 Å². The summed E-state index contributed by atoms with van der Waals surface area (Å²) in [4.78, 5) is 0.477. The quantitative estimate of drug-likeness (QED) is 0.530. The average Bonchev–Trinajstić information content (AvgIpc) is 2.41. The molecular weight excluding hydrogens is 320 g/mol. The molecular formula is C17H24BrCl. The van der Waals surface area contributed by atoms with Gasteiger partial charge in [-0.1, -0.05) is 65.7 Å². The summed E-state index contributed by atoms with van der Waals surface area (Å²) in [6.07, 6.45) is 9.82. The van der Waals surface area contributed by atoms with E-state index in [1.54, 1.807) is 0 Å². The van der Waals surface area contributed by atoms with Crippen LogP contribution < -0.4 is 0 Å². The molecule has 1 saturated carbocycles. The van der Waals surface area contributed by atoms with E-state index in [1.165, 1.54) is 61.6 Å². The van der Waals surface area contributed by atoms with E-state index >= 15 is 0 Å². The van der Waals surface area contributed by atoms with Crippen LogP contribution in [0.4, 0.5) is 0 Å².